The molecule has 17 heavy (non-hydrogen) atoms. The van der Waals surface area contributed by atoms with Gasteiger partial charge in [0.05, 0.1) is 17.2 Å². The van der Waals surface area contributed by atoms with Gasteiger partial charge < -0.3 is 4.42 Å². The molecule has 3 nitrogen and oxygen atoms in total. The van der Waals surface area contributed by atoms with E-state index < -0.39 is 0 Å². The van der Waals surface area contributed by atoms with Gasteiger partial charge in [0.15, 0.2) is 0 Å². The summed E-state index contributed by atoms with van der Waals surface area (Å²) in [6, 6.07) is 3.99. The Balaban J connectivity index is 1.95. The molecule has 0 N–H and O–H groups in total. The molecule has 0 spiro atoms. The average molecular weight is 248 g/mol. The highest BCUT2D eigenvalue weighted by molar-refractivity contribution is 7.99. The lowest BCUT2D eigenvalue weighted by atomic mass is 10.1. The summed E-state index contributed by atoms with van der Waals surface area (Å²) in [5.74, 6) is 2.15. The van der Waals surface area contributed by atoms with Crippen molar-refractivity contribution in [3.8, 4) is 0 Å². The van der Waals surface area contributed by atoms with Crippen LogP contribution in [-0.4, -0.2) is 15.7 Å². The van der Waals surface area contributed by atoms with Crippen molar-refractivity contribution in [2.75, 3.05) is 5.75 Å². The van der Waals surface area contributed by atoms with Gasteiger partial charge in [0.2, 0.25) is 0 Å². The first-order valence-corrected chi connectivity index (χ1v) is 6.85. The Bertz CT molecular complexity index is 416. The molecular formula is C13H16N2OS. The third-order valence-electron chi connectivity index (χ3n) is 2.51. The van der Waals surface area contributed by atoms with Crippen LogP contribution in [0.2, 0.25) is 0 Å². The number of hydrogen-bond acceptors (Lipinski definition) is 4. The van der Waals surface area contributed by atoms with Crippen LogP contribution in [0, 0.1) is 0 Å². The van der Waals surface area contributed by atoms with Crippen molar-refractivity contribution in [1.82, 2.24) is 9.97 Å². The van der Waals surface area contributed by atoms with Crippen molar-refractivity contribution in [1.29, 1.82) is 0 Å². The fraction of sp³-hybridized carbons (Fsp3) is 0.385. The number of nitrogens with zero attached hydrogens (tertiary/aromatic N) is 2. The molecule has 2 rings (SSSR count). The van der Waals surface area contributed by atoms with E-state index in [0.29, 0.717) is 5.25 Å². The molecule has 0 aliphatic rings. The van der Waals surface area contributed by atoms with E-state index in [0.717, 1.165) is 30.0 Å². The SMILES string of the molecule is CCSC(CCc1cnccn1)c1ccco1. The molecule has 0 amide bonds. The van der Waals surface area contributed by atoms with E-state index in [9.17, 15) is 0 Å². The fourth-order valence-corrected chi connectivity index (χ4v) is 2.71. The van der Waals surface area contributed by atoms with Crippen LogP contribution in [0.25, 0.3) is 0 Å². The van der Waals surface area contributed by atoms with Gasteiger partial charge in [-0.15, -0.1) is 0 Å². The molecule has 0 saturated carbocycles. The predicted molar refractivity (Wildman–Crippen MR) is 69.9 cm³/mol. The third-order valence-corrected chi connectivity index (χ3v) is 3.71. The molecule has 90 valence electrons. The highest BCUT2D eigenvalue weighted by atomic mass is 32.2. The fourth-order valence-electron chi connectivity index (χ4n) is 1.72. The van der Waals surface area contributed by atoms with Gasteiger partial charge in [-0.1, -0.05) is 6.92 Å². The van der Waals surface area contributed by atoms with Crippen LogP contribution in [0.4, 0.5) is 0 Å². The molecule has 2 heterocycles. The van der Waals surface area contributed by atoms with Gasteiger partial charge in [0.1, 0.15) is 5.76 Å². The van der Waals surface area contributed by atoms with Crippen molar-refractivity contribution in [3.63, 3.8) is 0 Å². The van der Waals surface area contributed by atoms with Gasteiger partial charge in [-0.3, -0.25) is 9.97 Å². The minimum Gasteiger partial charge on any atom is -0.468 e. The van der Waals surface area contributed by atoms with E-state index >= 15 is 0 Å². The molecule has 0 aliphatic heterocycles. The number of aryl methyl sites for hydroxylation is 1. The predicted octanol–water partition coefficient (Wildman–Crippen LogP) is 3.50. The summed E-state index contributed by atoms with van der Waals surface area (Å²) < 4.78 is 5.48. The van der Waals surface area contributed by atoms with E-state index in [2.05, 4.69) is 16.9 Å². The third kappa shape index (κ3) is 3.60. The lowest BCUT2D eigenvalue weighted by Crippen LogP contribution is -1.98. The van der Waals surface area contributed by atoms with Crippen molar-refractivity contribution in [3.05, 3.63) is 48.4 Å². The van der Waals surface area contributed by atoms with E-state index in [1.807, 2.05) is 30.1 Å². The number of rotatable bonds is 6. The largest absolute Gasteiger partial charge is 0.468 e. The van der Waals surface area contributed by atoms with Crippen LogP contribution in [0.5, 0.6) is 0 Å². The zero-order valence-corrected chi connectivity index (χ0v) is 10.7. The normalized spacial score (nSPS) is 12.5. The molecule has 0 saturated heterocycles. The van der Waals surface area contributed by atoms with Crippen molar-refractivity contribution < 1.29 is 4.42 Å². The van der Waals surface area contributed by atoms with Crippen LogP contribution in [0.15, 0.2) is 41.4 Å². The van der Waals surface area contributed by atoms with E-state index in [1.54, 1.807) is 18.7 Å². The second-order valence-corrected chi connectivity index (χ2v) is 5.17. The van der Waals surface area contributed by atoms with Crippen LogP contribution in [-0.2, 0) is 6.42 Å². The number of aromatic nitrogens is 2. The Morgan fingerprint density at radius 2 is 2.35 bits per heavy atom. The molecule has 0 aliphatic carbocycles. The molecule has 0 fully saturated rings. The zero-order valence-electron chi connectivity index (χ0n) is 9.87. The molecule has 1 unspecified atom stereocenters. The number of hydrogen-bond donors (Lipinski definition) is 0. The van der Waals surface area contributed by atoms with Gasteiger partial charge in [-0.05, 0) is 30.7 Å². The van der Waals surface area contributed by atoms with E-state index in [-0.39, 0.29) is 0 Å². The maximum Gasteiger partial charge on any atom is 0.116 e. The van der Waals surface area contributed by atoms with Crippen LogP contribution >= 0.6 is 11.8 Å². The molecule has 0 radical (unpaired) electrons. The maximum atomic E-state index is 5.48. The average Bonchev–Trinajstić information content (AvgIpc) is 2.89. The highest BCUT2D eigenvalue weighted by Gasteiger charge is 2.14. The van der Waals surface area contributed by atoms with Crippen molar-refractivity contribution in [2.24, 2.45) is 0 Å². The summed E-state index contributed by atoms with van der Waals surface area (Å²) in [7, 11) is 0. The van der Waals surface area contributed by atoms with Gasteiger partial charge in [-0.2, -0.15) is 11.8 Å². The summed E-state index contributed by atoms with van der Waals surface area (Å²) in [5, 5.41) is 0.414. The Morgan fingerprint density at radius 3 is 3.00 bits per heavy atom. The topological polar surface area (TPSA) is 38.9 Å². The molecule has 1 atom stereocenters. The molecular weight excluding hydrogens is 232 g/mol. The maximum absolute atomic E-state index is 5.48. The zero-order chi connectivity index (χ0) is 11.9. The smallest absolute Gasteiger partial charge is 0.116 e. The van der Waals surface area contributed by atoms with Gasteiger partial charge in [0, 0.05) is 18.6 Å². The van der Waals surface area contributed by atoms with Crippen LogP contribution < -0.4 is 0 Å². The van der Waals surface area contributed by atoms with E-state index in [4.69, 9.17) is 4.42 Å². The minimum absolute atomic E-state index is 0.414. The highest BCUT2D eigenvalue weighted by Crippen LogP contribution is 2.32. The van der Waals surface area contributed by atoms with E-state index in [1.165, 1.54) is 0 Å². The second-order valence-electron chi connectivity index (χ2n) is 3.69. The van der Waals surface area contributed by atoms with Gasteiger partial charge in [0.25, 0.3) is 0 Å². The summed E-state index contributed by atoms with van der Waals surface area (Å²) in [4.78, 5) is 8.37. The van der Waals surface area contributed by atoms with Gasteiger partial charge in [-0.25, -0.2) is 0 Å². The monoisotopic (exact) mass is 248 g/mol. The Morgan fingerprint density at radius 1 is 1.41 bits per heavy atom. The van der Waals surface area contributed by atoms with Crippen LogP contribution in [0.3, 0.4) is 0 Å². The summed E-state index contributed by atoms with van der Waals surface area (Å²) in [6.07, 6.45) is 8.98. The minimum atomic E-state index is 0.414. The molecule has 0 aromatic carbocycles. The lowest BCUT2D eigenvalue weighted by Gasteiger charge is -2.12. The van der Waals surface area contributed by atoms with Crippen LogP contribution in [0.1, 0.15) is 30.0 Å². The van der Waals surface area contributed by atoms with Crippen molar-refractivity contribution >= 4 is 11.8 Å². The van der Waals surface area contributed by atoms with Crippen molar-refractivity contribution in [2.45, 2.75) is 25.0 Å². The standard InChI is InChI=1S/C13H16N2OS/c1-2-17-13(12-4-3-9-16-12)6-5-11-10-14-7-8-15-11/h3-4,7-10,13H,2,5-6H2,1H3. The number of furan rings is 1. The quantitative estimate of drug-likeness (QED) is 0.784. The molecule has 2 aromatic rings. The second kappa shape index (κ2) is 6.45. The molecule has 4 heteroatoms. The summed E-state index contributed by atoms with van der Waals surface area (Å²) in [5.41, 5.74) is 1.04. The van der Waals surface area contributed by atoms with Gasteiger partial charge >= 0.3 is 0 Å². The summed E-state index contributed by atoms with van der Waals surface area (Å²) >= 11 is 1.91. The Labute approximate surface area is 106 Å². The first-order valence-electron chi connectivity index (χ1n) is 5.80. The Kier molecular flexibility index (Phi) is 4.62. The molecule has 0 bridgehead atoms. The number of thioether (sulfide) groups is 1. The Hall–Kier alpha value is -1.29. The first kappa shape index (κ1) is 12.2. The lowest BCUT2D eigenvalue weighted by molar-refractivity contribution is 0.497. The first-order chi connectivity index (χ1) is 8.40. The summed E-state index contributed by atoms with van der Waals surface area (Å²) in [6.45, 7) is 2.17. The molecule has 2 aromatic heterocycles.